The first-order chi connectivity index (χ1) is 11.4. The van der Waals surface area contributed by atoms with Gasteiger partial charge in [-0.2, -0.15) is 0 Å². The molecule has 0 N–H and O–H groups in total. The Bertz CT molecular complexity index is 591. The summed E-state index contributed by atoms with van der Waals surface area (Å²) in [7, 11) is 0. The number of ketones is 1. The van der Waals surface area contributed by atoms with E-state index in [-0.39, 0.29) is 11.3 Å². The van der Waals surface area contributed by atoms with E-state index in [0.717, 1.165) is 37.0 Å². The number of hydrogen-bond acceptors (Lipinski definition) is 2. The maximum Gasteiger partial charge on any atom is 0.155 e. The van der Waals surface area contributed by atoms with Crippen molar-refractivity contribution in [1.29, 1.82) is 0 Å². The van der Waals surface area contributed by atoms with Crippen molar-refractivity contribution in [2.24, 2.45) is 40.4 Å². The van der Waals surface area contributed by atoms with Crippen LogP contribution in [0.1, 0.15) is 72.1 Å². The van der Waals surface area contributed by atoms with Gasteiger partial charge in [-0.05, 0) is 85.5 Å². The van der Waals surface area contributed by atoms with Crippen LogP contribution in [-0.2, 0) is 9.59 Å². The smallest absolute Gasteiger partial charge is 0.155 e. The highest BCUT2D eigenvalue weighted by atomic mass is 16.1. The first kappa shape index (κ1) is 16.5. The highest BCUT2D eigenvalue weighted by Gasteiger charge is 2.59. The topological polar surface area (TPSA) is 34.1 Å². The average Bonchev–Trinajstić information content (AvgIpc) is 2.92. The Labute approximate surface area is 146 Å². The zero-order valence-electron chi connectivity index (χ0n) is 15.5. The van der Waals surface area contributed by atoms with Crippen LogP contribution in [0, 0.1) is 40.4 Å². The lowest BCUT2D eigenvalue weighted by Gasteiger charge is -2.58. The van der Waals surface area contributed by atoms with E-state index < -0.39 is 0 Å². The fourth-order valence-electron chi connectivity index (χ4n) is 7.56. The largest absolute Gasteiger partial charge is 0.303 e. The van der Waals surface area contributed by atoms with Crippen LogP contribution in [-0.4, -0.2) is 12.1 Å². The molecule has 3 saturated carbocycles. The van der Waals surface area contributed by atoms with Gasteiger partial charge in [0.2, 0.25) is 0 Å². The Morgan fingerprint density at radius 3 is 2.62 bits per heavy atom. The minimum atomic E-state index is 0.207. The molecule has 4 aliphatic carbocycles. The van der Waals surface area contributed by atoms with Crippen LogP contribution in [0.25, 0.3) is 0 Å². The minimum Gasteiger partial charge on any atom is -0.303 e. The lowest BCUT2D eigenvalue weighted by molar-refractivity contribution is -0.118. The third-order valence-electron chi connectivity index (χ3n) is 8.88. The zero-order valence-corrected chi connectivity index (χ0v) is 15.5. The molecule has 0 bridgehead atoms. The fourth-order valence-corrected chi connectivity index (χ4v) is 7.56. The molecule has 7 atom stereocenters. The second-order valence-electron chi connectivity index (χ2n) is 9.69. The Morgan fingerprint density at radius 1 is 1.08 bits per heavy atom. The number of fused-ring (bicyclic) bond motifs is 5. The summed E-state index contributed by atoms with van der Waals surface area (Å²) in [6.45, 7) is 7.07. The van der Waals surface area contributed by atoms with Gasteiger partial charge in [-0.15, -0.1) is 0 Å². The number of aldehydes is 1. The van der Waals surface area contributed by atoms with Gasteiger partial charge >= 0.3 is 0 Å². The standard InChI is InChI=1S/C22H32O2/c1-14(13-23)18-6-7-19-17-5-4-15-12-16(24)8-10-21(15,2)20(17)9-11-22(18,19)3/h12-14,17-20H,4-11H2,1-3H3/t14?,17?,18?,19?,20?,21-,22+/m0/s1. The van der Waals surface area contributed by atoms with E-state index in [1.807, 2.05) is 6.08 Å². The molecule has 0 aromatic carbocycles. The predicted octanol–water partition coefficient (Wildman–Crippen LogP) is 4.97. The maximum absolute atomic E-state index is 11.9. The van der Waals surface area contributed by atoms with Gasteiger partial charge in [-0.25, -0.2) is 0 Å². The van der Waals surface area contributed by atoms with Crippen molar-refractivity contribution in [3.63, 3.8) is 0 Å². The lowest BCUT2D eigenvalue weighted by atomic mass is 9.46. The Morgan fingerprint density at radius 2 is 1.88 bits per heavy atom. The van der Waals surface area contributed by atoms with Crippen molar-refractivity contribution in [3.8, 4) is 0 Å². The molecule has 5 unspecified atom stereocenters. The third-order valence-corrected chi connectivity index (χ3v) is 8.88. The van der Waals surface area contributed by atoms with E-state index in [9.17, 15) is 9.59 Å². The van der Waals surface area contributed by atoms with Crippen LogP contribution >= 0.6 is 0 Å². The summed E-state index contributed by atoms with van der Waals surface area (Å²) in [5, 5.41) is 0. The van der Waals surface area contributed by atoms with Gasteiger partial charge in [0.05, 0.1) is 0 Å². The van der Waals surface area contributed by atoms with Crippen molar-refractivity contribution in [2.75, 3.05) is 0 Å². The van der Waals surface area contributed by atoms with Gasteiger partial charge in [-0.1, -0.05) is 26.3 Å². The Kier molecular flexibility index (Phi) is 3.82. The summed E-state index contributed by atoms with van der Waals surface area (Å²) in [4.78, 5) is 23.3. The maximum atomic E-state index is 11.9. The van der Waals surface area contributed by atoms with Gasteiger partial charge in [0, 0.05) is 12.3 Å². The summed E-state index contributed by atoms with van der Waals surface area (Å²) in [5.74, 6) is 3.50. The molecule has 24 heavy (non-hydrogen) atoms. The molecule has 0 radical (unpaired) electrons. The average molecular weight is 328 g/mol. The lowest BCUT2D eigenvalue weighted by Crippen LogP contribution is -2.51. The summed E-state index contributed by atoms with van der Waals surface area (Å²) >= 11 is 0. The quantitative estimate of drug-likeness (QED) is 0.671. The molecular weight excluding hydrogens is 296 g/mol. The Balaban J connectivity index is 1.65. The number of allylic oxidation sites excluding steroid dienone is 1. The van der Waals surface area contributed by atoms with Crippen LogP contribution in [0.15, 0.2) is 11.6 Å². The molecule has 4 rings (SSSR count). The van der Waals surface area contributed by atoms with Crippen LogP contribution in [0.3, 0.4) is 0 Å². The first-order valence-corrected chi connectivity index (χ1v) is 10.1. The van der Waals surface area contributed by atoms with Crippen molar-refractivity contribution in [3.05, 3.63) is 11.6 Å². The molecule has 0 aromatic heterocycles. The summed E-state index contributed by atoms with van der Waals surface area (Å²) in [6.07, 6.45) is 12.5. The van der Waals surface area contributed by atoms with E-state index in [1.165, 1.54) is 44.0 Å². The molecule has 0 aliphatic heterocycles. The van der Waals surface area contributed by atoms with Crippen molar-refractivity contribution < 1.29 is 9.59 Å². The molecule has 0 amide bonds. The molecule has 4 aliphatic rings. The van der Waals surface area contributed by atoms with E-state index >= 15 is 0 Å². The molecule has 2 nitrogen and oxygen atoms in total. The van der Waals surface area contributed by atoms with Gasteiger partial charge in [0.15, 0.2) is 5.78 Å². The third kappa shape index (κ3) is 2.14. The SMILES string of the molecule is CC(C=O)C1CCC2C3CCC4=CC(=O)CC[C@]4(C)C3CC[C@]12C. The van der Waals surface area contributed by atoms with E-state index in [0.29, 0.717) is 17.1 Å². The molecule has 0 saturated heterocycles. The molecule has 2 heteroatoms. The number of carbonyl (C=O) groups excluding carboxylic acids is 2. The summed E-state index contributed by atoms with van der Waals surface area (Å²) in [5.41, 5.74) is 2.09. The fraction of sp³-hybridized carbons (Fsp3) is 0.818. The van der Waals surface area contributed by atoms with Gasteiger partial charge in [-0.3, -0.25) is 4.79 Å². The highest BCUT2D eigenvalue weighted by Crippen LogP contribution is 2.67. The second kappa shape index (κ2) is 5.54. The molecule has 0 aromatic rings. The monoisotopic (exact) mass is 328 g/mol. The predicted molar refractivity (Wildman–Crippen MR) is 95.4 cm³/mol. The molecular formula is C22H32O2. The zero-order chi connectivity index (χ0) is 17.1. The summed E-state index contributed by atoms with van der Waals surface area (Å²) in [6, 6.07) is 0. The summed E-state index contributed by atoms with van der Waals surface area (Å²) < 4.78 is 0. The van der Waals surface area contributed by atoms with Crippen LogP contribution in [0.4, 0.5) is 0 Å². The number of rotatable bonds is 2. The molecule has 0 spiro atoms. The van der Waals surface area contributed by atoms with Gasteiger partial charge < -0.3 is 4.79 Å². The van der Waals surface area contributed by atoms with E-state index in [4.69, 9.17) is 0 Å². The Hall–Kier alpha value is -0.920. The van der Waals surface area contributed by atoms with E-state index in [1.54, 1.807) is 0 Å². The van der Waals surface area contributed by atoms with Crippen molar-refractivity contribution in [1.82, 2.24) is 0 Å². The van der Waals surface area contributed by atoms with Gasteiger partial charge in [0.25, 0.3) is 0 Å². The number of carbonyl (C=O) groups is 2. The van der Waals surface area contributed by atoms with Gasteiger partial charge in [0.1, 0.15) is 6.29 Å². The minimum absolute atomic E-state index is 0.207. The van der Waals surface area contributed by atoms with Crippen LogP contribution in [0.5, 0.6) is 0 Å². The number of hydrogen-bond donors (Lipinski definition) is 0. The highest BCUT2D eigenvalue weighted by molar-refractivity contribution is 5.91. The van der Waals surface area contributed by atoms with Crippen molar-refractivity contribution in [2.45, 2.75) is 72.1 Å². The molecule has 3 fully saturated rings. The normalized spacial score (nSPS) is 48.8. The van der Waals surface area contributed by atoms with Crippen LogP contribution in [0.2, 0.25) is 0 Å². The van der Waals surface area contributed by atoms with E-state index in [2.05, 4.69) is 20.8 Å². The van der Waals surface area contributed by atoms with Crippen LogP contribution < -0.4 is 0 Å². The second-order valence-corrected chi connectivity index (χ2v) is 9.69. The first-order valence-electron chi connectivity index (χ1n) is 10.1. The molecule has 0 heterocycles. The molecule has 132 valence electrons. The van der Waals surface area contributed by atoms with Crippen molar-refractivity contribution >= 4 is 12.1 Å².